The molecule has 0 radical (unpaired) electrons. The molecule has 3 rings (SSSR count). The number of benzene rings is 1. The monoisotopic (exact) mass is 281 g/mol. The molecule has 1 N–H and O–H groups in total. The lowest BCUT2D eigenvalue weighted by molar-refractivity contribution is -0.123. The summed E-state index contributed by atoms with van der Waals surface area (Å²) in [6, 6.07) is 5.20. The molecule has 5 heteroatoms. The highest BCUT2D eigenvalue weighted by molar-refractivity contribution is 6.30. The third-order valence-corrected chi connectivity index (χ3v) is 4.12. The van der Waals surface area contributed by atoms with Crippen LogP contribution in [-0.4, -0.2) is 41.5 Å². The summed E-state index contributed by atoms with van der Waals surface area (Å²) in [6.45, 7) is 1.84. The van der Waals surface area contributed by atoms with Crippen molar-refractivity contribution in [2.24, 2.45) is 0 Å². The van der Waals surface area contributed by atoms with Crippen LogP contribution in [-0.2, 0) is 4.79 Å². The van der Waals surface area contributed by atoms with Crippen LogP contribution in [0.25, 0.3) is 0 Å². The number of halogens is 1. The Balaban J connectivity index is 1.81. The van der Waals surface area contributed by atoms with Gasteiger partial charge in [0.1, 0.15) is 24.2 Å². The molecular weight excluding hydrogens is 266 g/mol. The molecule has 1 fully saturated rings. The second-order valence-electron chi connectivity index (χ2n) is 5.08. The van der Waals surface area contributed by atoms with E-state index in [9.17, 15) is 9.90 Å². The van der Waals surface area contributed by atoms with Gasteiger partial charge in [-0.2, -0.15) is 0 Å². The molecule has 1 saturated heterocycles. The summed E-state index contributed by atoms with van der Waals surface area (Å²) in [6.07, 6.45) is 0.507. The van der Waals surface area contributed by atoms with Gasteiger partial charge in [0.2, 0.25) is 0 Å². The molecule has 0 spiro atoms. The van der Waals surface area contributed by atoms with Crippen molar-refractivity contribution in [1.82, 2.24) is 4.90 Å². The van der Waals surface area contributed by atoms with E-state index in [0.717, 1.165) is 5.56 Å². The SMILES string of the molecule is O=C1CCN(C2COc3ccc(Cl)cc3C2O)CC1. The Hall–Kier alpha value is -1.10. The second kappa shape index (κ2) is 5.12. The first-order valence-electron chi connectivity index (χ1n) is 6.51. The lowest BCUT2D eigenvalue weighted by Crippen LogP contribution is -2.49. The van der Waals surface area contributed by atoms with Gasteiger partial charge in [0.25, 0.3) is 0 Å². The maximum atomic E-state index is 11.3. The Labute approximate surface area is 116 Å². The zero-order chi connectivity index (χ0) is 13.4. The fourth-order valence-corrected chi connectivity index (χ4v) is 2.95. The molecule has 2 atom stereocenters. The number of carbonyl (C=O) groups is 1. The first-order chi connectivity index (χ1) is 9.15. The minimum atomic E-state index is -0.615. The predicted octanol–water partition coefficient (Wildman–Crippen LogP) is 1.80. The largest absolute Gasteiger partial charge is 0.491 e. The minimum Gasteiger partial charge on any atom is -0.491 e. The number of Topliss-reactive ketones (excluding diaryl/α,β-unsaturated/α-hetero) is 1. The van der Waals surface area contributed by atoms with Crippen molar-refractivity contribution in [2.45, 2.75) is 25.0 Å². The van der Waals surface area contributed by atoms with Crippen LogP contribution in [0.15, 0.2) is 18.2 Å². The van der Waals surface area contributed by atoms with Crippen LogP contribution in [0.2, 0.25) is 5.02 Å². The van der Waals surface area contributed by atoms with Crippen molar-refractivity contribution in [3.05, 3.63) is 28.8 Å². The quantitative estimate of drug-likeness (QED) is 0.853. The van der Waals surface area contributed by atoms with Gasteiger partial charge in [0, 0.05) is 36.5 Å². The van der Waals surface area contributed by atoms with Crippen LogP contribution in [0.4, 0.5) is 0 Å². The van der Waals surface area contributed by atoms with Crippen LogP contribution in [0.1, 0.15) is 24.5 Å². The number of ketones is 1. The Bertz CT molecular complexity index is 495. The molecule has 2 aliphatic heterocycles. The number of nitrogens with zero attached hydrogens (tertiary/aromatic N) is 1. The molecule has 0 saturated carbocycles. The first-order valence-corrected chi connectivity index (χ1v) is 6.89. The number of aliphatic hydroxyl groups excluding tert-OH is 1. The minimum absolute atomic E-state index is 0.0981. The van der Waals surface area contributed by atoms with Gasteiger partial charge in [-0.1, -0.05) is 11.6 Å². The number of carbonyl (C=O) groups excluding carboxylic acids is 1. The molecule has 2 unspecified atom stereocenters. The van der Waals surface area contributed by atoms with Gasteiger partial charge in [-0.25, -0.2) is 0 Å². The molecule has 2 aliphatic rings. The molecule has 19 heavy (non-hydrogen) atoms. The predicted molar refractivity (Wildman–Crippen MR) is 71.5 cm³/mol. The van der Waals surface area contributed by atoms with Crippen molar-refractivity contribution < 1.29 is 14.6 Å². The highest BCUT2D eigenvalue weighted by Gasteiger charge is 2.35. The lowest BCUT2D eigenvalue weighted by atomic mass is 9.96. The molecule has 0 aliphatic carbocycles. The number of rotatable bonds is 1. The van der Waals surface area contributed by atoms with Crippen LogP contribution in [0.5, 0.6) is 5.75 Å². The summed E-state index contributed by atoms with van der Waals surface area (Å²) in [5.74, 6) is 0.993. The van der Waals surface area contributed by atoms with Gasteiger partial charge in [-0.05, 0) is 18.2 Å². The van der Waals surface area contributed by atoms with E-state index in [-0.39, 0.29) is 6.04 Å². The van der Waals surface area contributed by atoms with Crippen molar-refractivity contribution >= 4 is 17.4 Å². The molecule has 0 amide bonds. The fraction of sp³-hybridized carbons (Fsp3) is 0.500. The zero-order valence-electron chi connectivity index (χ0n) is 10.5. The number of ether oxygens (including phenoxy) is 1. The van der Waals surface area contributed by atoms with Crippen molar-refractivity contribution in [3.63, 3.8) is 0 Å². The maximum absolute atomic E-state index is 11.3. The number of likely N-dealkylation sites (tertiary alicyclic amines) is 1. The van der Waals surface area contributed by atoms with Crippen LogP contribution < -0.4 is 4.74 Å². The Morgan fingerprint density at radius 3 is 2.79 bits per heavy atom. The van der Waals surface area contributed by atoms with E-state index in [1.165, 1.54) is 0 Å². The van der Waals surface area contributed by atoms with Crippen LogP contribution in [0.3, 0.4) is 0 Å². The third-order valence-electron chi connectivity index (χ3n) is 3.89. The van der Waals surface area contributed by atoms with E-state index >= 15 is 0 Å². The van der Waals surface area contributed by atoms with Gasteiger partial charge in [0.15, 0.2) is 0 Å². The van der Waals surface area contributed by atoms with Crippen LogP contribution >= 0.6 is 11.6 Å². The molecule has 0 aromatic heterocycles. The first kappa shape index (κ1) is 12.9. The molecule has 0 bridgehead atoms. The van der Waals surface area contributed by atoms with E-state index in [0.29, 0.717) is 49.1 Å². The van der Waals surface area contributed by atoms with E-state index in [2.05, 4.69) is 4.90 Å². The summed E-state index contributed by atoms with van der Waals surface area (Å²) in [7, 11) is 0. The highest BCUT2D eigenvalue weighted by Crippen LogP contribution is 2.36. The highest BCUT2D eigenvalue weighted by atomic mass is 35.5. The average Bonchev–Trinajstić information content (AvgIpc) is 2.41. The van der Waals surface area contributed by atoms with Crippen molar-refractivity contribution in [1.29, 1.82) is 0 Å². The molecule has 1 aromatic rings. The number of hydrogen-bond donors (Lipinski definition) is 1. The fourth-order valence-electron chi connectivity index (χ4n) is 2.77. The number of piperidine rings is 1. The standard InChI is InChI=1S/C14H16ClNO3/c15-9-1-2-13-11(7-9)14(18)12(8-19-13)16-5-3-10(17)4-6-16/h1-2,7,12,14,18H,3-6,8H2. The van der Waals surface area contributed by atoms with Crippen molar-refractivity contribution in [3.8, 4) is 5.75 Å². The lowest BCUT2D eigenvalue weighted by Gasteiger charge is -2.39. The summed E-state index contributed by atoms with van der Waals surface area (Å²) in [5.41, 5.74) is 0.737. The average molecular weight is 282 g/mol. The molecule has 102 valence electrons. The molecular formula is C14H16ClNO3. The Morgan fingerprint density at radius 1 is 1.32 bits per heavy atom. The van der Waals surface area contributed by atoms with Crippen molar-refractivity contribution in [2.75, 3.05) is 19.7 Å². The maximum Gasteiger partial charge on any atom is 0.135 e. The summed E-state index contributed by atoms with van der Waals surface area (Å²) < 4.78 is 5.70. The topological polar surface area (TPSA) is 49.8 Å². The number of fused-ring (bicyclic) bond motifs is 1. The van der Waals surface area contributed by atoms with E-state index in [1.807, 2.05) is 0 Å². The number of hydrogen-bond acceptors (Lipinski definition) is 4. The third kappa shape index (κ3) is 2.48. The Morgan fingerprint density at radius 2 is 2.05 bits per heavy atom. The molecule has 4 nitrogen and oxygen atoms in total. The van der Waals surface area contributed by atoms with E-state index in [1.54, 1.807) is 18.2 Å². The summed E-state index contributed by atoms with van der Waals surface area (Å²) >= 11 is 5.97. The molecule has 1 aromatic carbocycles. The molecule has 2 heterocycles. The smallest absolute Gasteiger partial charge is 0.135 e. The van der Waals surface area contributed by atoms with E-state index < -0.39 is 6.10 Å². The van der Waals surface area contributed by atoms with E-state index in [4.69, 9.17) is 16.3 Å². The summed E-state index contributed by atoms with van der Waals surface area (Å²) in [5, 5.41) is 11.1. The summed E-state index contributed by atoms with van der Waals surface area (Å²) in [4.78, 5) is 13.4. The second-order valence-corrected chi connectivity index (χ2v) is 5.52. The normalized spacial score (nSPS) is 27.8. The van der Waals surface area contributed by atoms with Gasteiger partial charge in [0.05, 0.1) is 6.04 Å². The van der Waals surface area contributed by atoms with Crippen LogP contribution in [0, 0.1) is 0 Å². The zero-order valence-corrected chi connectivity index (χ0v) is 11.3. The van der Waals surface area contributed by atoms with Gasteiger partial charge < -0.3 is 9.84 Å². The van der Waals surface area contributed by atoms with Gasteiger partial charge in [-0.3, -0.25) is 9.69 Å². The van der Waals surface area contributed by atoms with Gasteiger partial charge in [-0.15, -0.1) is 0 Å². The van der Waals surface area contributed by atoms with Gasteiger partial charge >= 0.3 is 0 Å². The Kier molecular flexibility index (Phi) is 3.48. The number of aliphatic hydroxyl groups is 1.